The number of aromatic nitrogens is 1. The number of nitrogens with zero attached hydrogens (tertiary/aromatic N) is 1. The molecule has 0 spiro atoms. The summed E-state index contributed by atoms with van der Waals surface area (Å²) < 4.78 is 40.8. The standard InChI is InChI=1S/C25H27ClN2O5S/c1-3-34(30,31)27-19-9-11-23-20(14-19)21-16-28(2)25(29)15-24(21)32-12-6-4-5-7-17-13-18(26)8-10-22(17)33-23/h8-11,13-16,27H,3-7,12H2,1-2H3. The number of anilines is 1. The second kappa shape index (κ2) is 10.1. The minimum atomic E-state index is -3.48. The normalized spacial score (nSPS) is 14.1. The molecule has 180 valence electrons. The highest BCUT2D eigenvalue weighted by Gasteiger charge is 2.19. The van der Waals surface area contributed by atoms with Crippen LogP contribution >= 0.6 is 11.6 Å². The van der Waals surface area contributed by atoms with E-state index in [2.05, 4.69) is 4.72 Å². The summed E-state index contributed by atoms with van der Waals surface area (Å²) in [7, 11) is -1.82. The van der Waals surface area contributed by atoms with Crippen molar-refractivity contribution in [3.8, 4) is 28.4 Å². The van der Waals surface area contributed by atoms with E-state index in [1.165, 1.54) is 10.6 Å². The summed E-state index contributed by atoms with van der Waals surface area (Å²) in [5.74, 6) is 1.56. The van der Waals surface area contributed by atoms with Crippen LogP contribution in [0.25, 0.3) is 11.1 Å². The van der Waals surface area contributed by atoms with Gasteiger partial charge in [0.05, 0.1) is 12.4 Å². The number of rotatable bonds is 3. The highest BCUT2D eigenvalue weighted by molar-refractivity contribution is 7.92. The zero-order valence-electron chi connectivity index (χ0n) is 19.1. The molecule has 0 saturated carbocycles. The number of benzene rings is 2. The van der Waals surface area contributed by atoms with Crippen LogP contribution in [0.15, 0.2) is 53.5 Å². The third kappa shape index (κ3) is 5.56. The van der Waals surface area contributed by atoms with E-state index in [-0.39, 0.29) is 11.3 Å². The lowest BCUT2D eigenvalue weighted by Gasteiger charge is -2.18. The van der Waals surface area contributed by atoms with E-state index in [1.807, 2.05) is 12.1 Å². The van der Waals surface area contributed by atoms with Crippen LogP contribution in [0.4, 0.5) is 5.69 Å². The third-order valence-electron chi connectivity index (χ3n) is 5.70. The predicted molar refractivity (Wildman–Crippen MR) is 135 cm³/mol. The Morgan fingerprint density at radius 1 is 1.00 bits per heavy atom. The third-order valence-corrected chi connectivity index (χ3v) is 7.25. The summed E-state index contributed by atoms with van der Waals surface area (Å²) in [5, 5.41) is 0.639. The summed E-state index contributed by atoms with van der Waals surface area (Å²) in [6.07, 6.45) is 5.19. The highest BCUT2D eigenvalue weighted by Crippen LogP contribution is 2.41. The molecule has 0 unspecified atom stereocenters. The maximum Gasteiger partial charge on any atom is 0.254 e. The van der Waals surface area contributed by atoms with Crippen molar-refractivity contribution in [1.82, 2.24) is 4.57 Å². The molecule has 0 fully saturated rings. The van der Waals surface area contributed by atoms with Crippen molar-refractivity contribution in [1.29, 1.82) is 0 Å². The number of halogens is 1. The van der Waals surface area contributed by atoms with Crippen molar-refractivity contribution in [2.75, 3.05) is 17.1 Å². The first-order valence-electron chi connectivity index (χ1n) is 11.2. The van der Waals surface area contributed by atoms with Crippen LogP contribution in [0.1, 0.15) is 31.7 Å². The van der Waals surface area contributed by atoms with E-state index in [0.29, 0.717) is 45.7 Å². The lowest BCUT2D eigenvalue weighted by molar-refractivity contribution is 0.305. The Hall–Kier alpha value is -2.97. The Bertz CT molecular complexity index is 1370. The Labute approximate surface area is 204 Å². The number of nitrogens with one attached hydrogen (secondary N) is 1. The second-order valence-corrected chi connectivity index (χ2v) is 10.7. The van der Waals surface area contributed by atoms with Crippen molar-refractivity contribution in [3.05, 3.63) is 69.6 Å². The van der Waals surface area contributed by atoms with Crippen LogP contribution in [0.3, 0.4) is 0 Å². The van der Waals surface area contributed by atoms with Crippen LogP contribution in [0.5, 0.6) is 17.2 Å². The first-order valence-corrected chi connectivity index (χ1v) is 13.2. The van der Waals surface area contributed by atoms with Gasteiger partial charge in [-0.25, -0.2) is 8.42 Å². The molecule has 9 heteroatoms. The fourth-order valence-corrected chi connectivity index (χ4v) is 4.64. The Morgan fingerprint density at radius 2 is 1.79 bits per heavy atom. The van der Waals surface area contributed by atoms with Gasteiger partial charge < -0.3 is 14.0 Å². The van der Waals surface area contributed by atoms with E-state index in [4.69, 9.17) is 21.1 Å². The van der Waals surface area contributed by atoms with Crippen molar-refractivity contribution in [2.24, 2.45) is 7.05 Å². The van der Waals surface area contributed by atoms with Crippen LogP contribution in [-0.4, -0.2) is 25.3 Å². The fourth-order valence-electron chi connectivity index (χ4n) is 3.82. The van der Waals surface area contributed by atoms with Gasteiger partial charge in [0.25, 0.3) is 5.56 Å². The van der Waals surface area contributed by atoms with Gasteiger partial charge in [-0.05, 0) is 74.6 Å². The smallest absolute Gasteiger partial charge is 0.254 e. The van der Waals surface area contributed by atoms with E-state index < -0.39 is 10.0 Å². The van der Waals surface area contributed by atoms with Gasteiger partial charge in [0.15, 0.2) is 0 Å². The van der Waals surface area contributed by atoms with E-state index in [0.717, 1.165) is 31.2 Å². The molecular weight excluding hydrogens is 476 g/mol. The number of hydrogen-bond donors (Lipinski definition) is 1. The molecular formula is C25H27ClN2O5S. The Morgan fingerprint density at radius 3 is 2.59 bits per heavy atom. The van der Waals surface area contributed by atoms with Gasteiger partial charge in [0.1, 0.15) is 17.2 Å². The maximum atomic E-state index is 12.4. The van der Waals surface area contributed by atoms with Crippen LogP contribution in [0.2, 0.25) is 5.02 Å². The monoisotopic (exact) mass is 502 g/mol. The number of sulfonamides is 1. The van der Waals surface area contributed by atoms with Gasteiger partial charge in [-0.1, -0.05) is 11.6 Å². The molecule has 1 aliphatic rings. The summed E-state index contributed by atoms with van der Waals surface area (Å²) in [5.41, 5.74) is 2.42. The molecule has 0 bridgehead atoms. The number of pyridine rings is 1. The van der Waals surface area contributed by atoms with Crippen molar-refractivity contribution >= 4 is 27.3 Å². The average Bonchev–Trinajstić information content (AvgIpc) is 2.81. The molecule has 3 aromatic rings. The highest BCUT2D eigenvalue weighted by atomic mass is 35.5. The quantitative estimate of drug-likeness (QED) is 0.520. The Kier molecular flexibility index (Phi) is 7.19. The molecule has 2 heterocycles. The van der Waals surface area contributed by atoms with Crippen LogP contribution in [0, 0.1) is 0 Å². The maximum absolute atomic E-state index is 12.4. The van der Waals surface area contributed by atoms with Gasteiger partial charge >= 0.3 is 0 Å². The minimum Gasteiger partial charge on any atom is -0.493 e. The van der Waals surface area contributed by atoms with Gasteiger partial charge in [-0.3, -0.25) is 9.52 Å². The van der Waals surface area contributed by atoms with Crippen molar-refractivity contribution < 1.29 is 17.9 Å². The molecule has 4 rings (SSSR count). The molecule has 7 nitrogen and oxygen atoms in total. The number of hydrogen-bond acceptors (Lipinski definition) is 5. The summed E-state index contributed by atoms with van der Waals surface area (Å²) >= 11 is 6.25. The number of aryl methyl sites for hydroxylation is 2. The van der Waals surface area contributed by atoms with E-state index in [1.54, 1.807) is 44.4 Å². The number of fused-ring (bicyclic) bond motifs is 4. The second-order valence-electron chi connectivity index (χ2n) is 8.23. The fraction of sp³-hybridized carbons (Fsp3) is 0.320. The zero-order valence-corrected chi connectivity index (χ0v) is 20.7. The molecule has 0 saturated heterocycles. The van der Waals surface area contributed by atoms with Gasteiger partial charge in [-0.15, -0.1) is 0 Å². The zero-order chi connectivity index (χ0) is 24.3. The molecule has 2 aromatic carbocycles. The van der Waals surface area contributed by atoms with Gasteiger partial charge in [-0.2, -0.15) is 0 Å². The predicted octanol–water partition coefficient (Wildman–Crippen LogP) is 5.36. The molecule has 0 radical (unpaired) electrons. The van der Waals surface area contributed by atoms with Crippen molar-refractivity contribution in [2.45, 2.75) is 32.6 Å². The lowest BCUT2D eigenvalue weighted by Crippen LogP contribution is -2.16. The first kappa shape index (κ1) is 24.2. The topological polar surface area (TPSA) is 86.6 Å². The minimum absolute atomic E-state index is 0.0527. The summed E-state index contributed by atoms with van der Waals surface area (Å²) in [6, 6.07) is 12.1. The van der Waals surface area contributed by atoms with Crippen LogP contribution in [-0.2, 0) is 23.5 Å². The van der Waals surface area contributed by atoms with E-state index >= 15 is 0 Å². The summed E-state index contributed by atoms with van der Waals surface area (Å²) in [6.45, 7) is 2.03. The molecule has 34 heavy (non-hydrogen) atoms. The van der Waals surface area contributed by atoms with Gasteiger partial charge in [0.2, 0.25) is 10.0 Å². The Balaban J connectivity index is 1.91. The average molecular weight is 503 g/mol. The first-order chi connectivity index (χ1) is 16.3. The molecule has 0 aliphatic carbocycles. The SMILES string of the molecule is CCS(=O)(=O)Nc1ccc2c(c1)-c1cn(C)c(=O)cc1OCCCCCc1cc(Cl)ccc1O2. The summed E-state index contributed by atoms with van der Waals surface area (Å²) in [4.78, 5) is 12.4. The molecule has 1 aromatic heterocycles. The van der Waals surface area contributed by atoms with Gasteiger partial charge in [0, 0.05) is 41.1 Å². The van der Waals surface area contributed by atoms with E-state index in [9.17, 15) is 13.2 Å². The van der Waals surface area contributed by atoms with Crippen LogP contribution < -0.4 is 19.8 Å². The molecule has 1 N–H and O–H groups in total. The lowest BCUT2D eigenvalue weighted by atomic mass is 10.0. The molecule has 0 amide bonds. The molecule has 0 atom stereocenters. The van der Waals surface area contributed by atoms with Crippen molar-refractivity contribution in [3.63, 3.8) is 0 Å². The molecule has 1 aliphatic heterocycles. The number of ether oxygens (including phenoxy) is 2. The largest absolute Gasteiger partial charge is 0.493 e.